The average molecular weight is 470 g/mol. The van der Waals surface area contributed by atoms with E-state index in [-0.39, 0.29) is 5.92 Å². The van der Waals surface area contributed by atoms with Gasteiger partial charge in [-0.1, -0.05) is 59.2 Å². The van der Waals surface area contributed by atoms with Crippen LogP contribution in [0.25, 0.3) is 0 Å². The van der Waals surface area contributed by atoms with Crippen LogP contribution in [0.15, 0.2) is 78.0 Å². The van der Waals surface area contributed by atoms with Gasteiger partial charge in [-0.15, -0.1) is 11.6 Å². The van der Waals surface area contributed by atoms with E-state index >= 15 is 0 Å². The zero-order valence-electron chi connectivity index (χ0n) is 17.1. The normalized spacial score (nSPS) is 28.0. The molecule has 7 heteroatoms. The zero-order chi connectivity index (χ0) is 22.3. The number of hydrogen-bond donors (Lipinski definition) is 1. The van der Waals surface area contributed by atoms with E-state index in [1.165, 1.54) is 0 Å². The van der Waals surface area contributed by atoms with Gasteiger partial charge in [0.05, 0.1) is 5.88 Å². The molecule has 3 aromatic carbocycles. The SMILES string of the molecule is O=NC1C[C@@H](c2ccccc2)[C@]2(c3ccc(Cl)cc3)Oc3cc(OCCCl)ccc3[C@]12O. The van der Waals surface area contributed by atoms with Crippen molar-refractivity contribution in [3.63, 3.8) is 0 Å². The number of fused-ring (bicyclic) bond motifs is 3. The Bertz CT molecular complexity index is 1140. The second kappa shape index (κ2) is 8.07. The third kappa shape index (κ3) is 2.95. The fraction of sp³-hybridized carbons (Fsp3) is 0.280. The van der Waals surface area contributed by atoms with Crippen molar-refractivity contribution in [2.24, 2.45) is 5.18 Å². The summed E-state index contributed by atoms with van der Waals surface area (Å²) in [6, 6.07) is 21.3. The predicted molar refractivity (Wildman–Crippen MR) is 124 cm³/mol. The predicted octanol–water partition coefficient (Wildman–Crippen LogP) is 5.76. The highest BCUT2D eigenvalue weighted by molar-refractivity contribution is 6.30. The van der Waals surface area contributed by atoms with E-state index in [0.29, 0.717) is 41.0 Å². The Morgan fingerprint density at radius 2 is 1.84 bits per heavy atom. The van der Waals surface area contributed by atoms with Crippen molar-refractivity contribution in [1.82, 2.24) is 0 Å². The van der Waals surface area contributed by atoms with Crippen LogP contribution in [0.2, 0.25) is 5.02 Å². The monoisotopic (exact) mass is 469 g/mol. The van der Waals surface area contributed by atoms with Gasteiger partial charge in [0, 0.05) is 22.6 Å². The van der Waals surface area contributed by atoms with Crippen LogP contribution < -0.4 is 9.47 Å². The van der Waals surface area contributed by atoms with Crippen molar-refractivity contribution >= 4 is 23.2 Å². The Labute approximate surface area is 195 Å². The lowest BCUT2D eigenvalue weighted by Crippen LogP contribution is -2.51. The van der Waals surface area contributed by atoms with Gasteiger partial charge in [0.2, 0.25) is 0 Å². The molecule has 164 valence electrons. The van der Waals surface area contributed by atoms with Crippen LogP contribution in [0.4, 0.5) is 0 Å². The Morgan fingerprint density at radius 3 is 2.53 bits per heavy atom. The number of nitrogens with zero attached hydrogens (tertiary/aromatic N) is 1. The number of alkyl halides is 1. The van der Waals surface area contributed by atoms with Gasteiger partial charge in [-0.25, -0.2) is 0 Å². The van der Waals surface area contributed by atoms with E-state index in [0.717, 1.165) is 11.1 Å². The van der Waals surface area contributed by atoms with Gasteiger partial charge < -0.3 is 14.6 Å². The Hall–Kier alpha value is -2.60. The summed E-state index contributed by atoms with van der Waals surface area (Å²) < 4.78 is 12.3. The molecule has 1 aliphatic carbocycles. The zero-order valence-corrected chi connectivity index (χ0v) is 18.6. The van der Waals surface area contributed by atoms with E-state index in [9.17, 15) is 10.0 Å². The first-order chi connectivity index (χ1) is 15.5. The van der Waals surface area contributed by atoms with Crippen molar-refractivity contribution in [3.8, 4) is 11.5 Å². The summed E-state index contributed by atoms with van der Waals surface area (Å²) in [4.78, 5) is 12.1. The lowest BCUT2D eigenvalue weighted by Gasteiger charge is -2.40. The number of aliphatic hydroxyl groups is 1. The number of halogens is 2. The highest BCUT2D eigenvalue weighted by Gasteiger charge is 2.73. The molecule has 1 N–H and O–H groups in total. The van der Waals surface area contributed by atoms with Crippen LogP contribution in [-0.4, -0.2) is 23.6 Å². The number of rotatable bonds is 6. The van der Waals surface area contributed by atoms with Crippen LogP contribution in [0.5, 0.6) is 11.5 Å². The minimum Gasteiger partial charge on any atom is -0.492 e. The first-order valence-corrected chi connectivity index (χ1v) is 11.3. The summed E-state index contributed by atoms with van der Waals surface area (Å²) in [5, 5.41) is 16.3. The highest BCUT2D eigenvalue weighted by atomic mass is 35.5. The summed E-state index contributed by atoms with van der Waals surface area (Å²) in [6.45, 7) is 0.345. The summed E-state index contributed by atoms with van der Waals surface area (Å²) in [7, 11) is 0. The fourth-order valence-electron chi connectivity index (χ4n) is 5.28. The smallest absolute Gasteiger partial charge is 0.176 e. The molecule has 32 heavy (non-hydrogen) atoms. The molecule has 0 spiro atoms. The van der Waals surface area contributed by atoms with Gasteiger partial charge in [0.15, 0.2) is 11.2 Å². The van der Waals surface area contributed by atoms with Crippen molar-refractivity contribution < 1.29 is 14.6 Å². The molecular formula is C25H21Cl2NO4. The van der Waals surface area contributed by atoms with Gasteiger partial charge in [-0.3, -0.25) is 0 Å². The van der Waals surface area contributed by atoms with Gasteiger partial charge >= 0.3 is 0 Å². The summed E-state index contributed by atoms with van der Waals surface area (Å²) in [5.74, 6) is 1.07. The van der Waals surface area contributed by atoms with E-state index in [1.807, 2.05) is 42.5 Å². The third-order valence-corrected chi connectivity index (χ3v) is 6.99. The molecule has 1 fully saturated rings. The van der Waals surface area contributed by atoms with Crippen LogP contribution in [0.3, 0.4) is 0 Å². The largest absolute Gasteiger partial charge is 0.492 e. The van der Waals surface area contributed by atoms with Crippen molar-refractivity contribution in [2.45, 2.75) is 29.6 Å². The average Bonchev–Trinajstić information content (AvgIpc) is 3.23. The maximum Gasteiger partial charge on any atom is 0.176 e. The lowest BCUT2D eigenvalue weighted by atomic mass is 9.71. The molecule has 5 nitrogen and oxygen atoms in total. The second-order valence-corrected chi connectivity index (χ2v) is 8.94. The molecule has 0 bridgehead atoms. The number of ether oxygens (including phenoxy) is 2. The quantitative estimate of drug-likeness (QED) is 0.368. The number of nitroso groups, excluding NO2 is 1. The second-order valence-electron chi connectivity index (χ2n) is 8.13. The maximum atomic E-state index is 12.3. The molecule has 5 rings (SSSR count). The van der Waals surface area contributed by atoms with Gasteiger partial charge in [0.1, 0.15) is 24.1 Å². The third-order valence-electron chi connectivity index (χ3n) is 6.58. The molecule has 2 aliphatic rings. The van der Waals surface area contributed by atoms with Crippen LogP contribution in [-0.2, 0) is 11.2 Å². The summed E-state index contributed by atoms with van der Waals surface area (Å²) >= 11 is 11.9. The van der Waals surface area contributed by atoms with E-state index in [2.05, 4.69) is 5.18 Å². The molecule has 0 saturated heterocycles. The van der Waals surface area contributed by atoms with E-state index in [4.69, 9.17) is 32.7 Å². The van der Waals surface area contributed by atoms with Gasteiger partial charge in [-0.2, -0.15) is 4.91 Å². The first-order valence-electron chi connectivity index (χ1n) is 10.4. The van der Waals surface area contributed by atoms with Crippen LogP contribution in [0.1, 0.15) is 29.0 Å². The Kier molecular flexibility index (Phi) is 5.36. The number of hydrogen-bond acceptors (Lipinski definition) is 5. The molecule has 1 unspecified atom stereocenters. The molecule has 0 aromatic heterocycles. The molecule has 3 aromatic rings. The molecule has 1 saturated carbocycles. The van der Waals surface area contributed by atoms with Crippen molar-refractivity contribution in [3.05, 3.63) is 99.4 Å². The Morgan fingerprint density at radius 1 is 1.09 bits per heavy atom. The molecule has 0 amide bonds. The van der Waals surface area contributed by atoms with Crippen LogP contribution in [0, 0.1) is 4.91 Å². The first kappa shape index (κ1) is 21.3. The van der Waals surface area contributed by atoms with Gasteiger partial charge in [0.25, 0.3) is 0 Å². The Balaban J connectivity index is 1.74. The molecule has 1 aliphatic heterocycles. The lowest BCUT2D eigenvalue weighted by molar-refractivity contribution is -0.112. The van der Waals surface area contributed by atoms with Crippen molar-refractivity contribution in [1.29, 1.82) is 0 Å². The summed E-state index contributed by atoms with van der Waals surface area (Å²) in [5.41, 5.74) is -0.718. The minimum atomic E-state index is -1.66. The van der Waals surface area contributed by atoms with E-state index < -0.39 is 17.2 Å². The van der Waals surface area contributed by atoms with Crippen molar-refractivity contribution in [2.75, 3.05) is 12.5 Å². The van der Waals surface area contributed by atoms with Crippen LogP contribution >= 0.6 is 23.2 Å². The standard InChI is InChI=1S/C25H21Cl2NO4/c26-12-13-31-19-10-11-20-22(14-19)32-25(17-6-8-18(27)9-7-17)21(16-4-2-1-3-5-16)15-23(28-30)24(20,25)29/h1-11,14,21,23,29H,12-13,15H2/t21-,23?,24-,25-/m0/s1. The number of benzene rings is 3. The van der Waals surface area contributed by atoms with E-state index in [1.54, 1.807) is 30.3 Å². The molecule has 4 atom stereocenters. The molecular weight excluding hydrogens is 449 g/mol. The highest BCUT2D eigenvalue weighted by Crippen LogP contribution is 2.67. The molecule has 1 heterocycles. The fourth-order valence-corrected chi connectivity index (χ4v) is 5.48. The molecule has 0 radical (unpaired) electrons. The maximum absolute atomic E-state index is 12.3. The topological polar surface area (TPSA) is 68.1 Å². The van der Waals surface area contributed by atoms with Gasteiger partial charge in [-0.05, 0) is 41.8 Å². The summed E-state index contributed by atoms with van der Waals surface area (Å²) in [6.07, 6.45) is 0.344. The minimum absolute atomic E-state index is 0.322.